The first-order chi connectivity index (χ1) is 7.20. The molecule has 0 bridgehead atoms. The standard InChI is InChI=1S/C11H22N2O2/c1-3-5-7-12-10(14)9-11(15)13-8-6-4-2/h3-9H2,1-2H3,(H,12,14)(H,13,15). The van der Waals surface area contributed by atoms with Gasteiger partial charge in [0.15, 0.2) is 0 Å². The molecule has 0 rings (SSSR count). The summed E-state index contributed by atoms with van der Waals surface area (Å²) in [5.41, 5.74) is 0. The molecule has 0 aliphatic carbocycles. The predicted octanol–water partition coefficient (Wildman–Crippen LogP) is 1.21. The SMILES string of the molecule is CCCCNC(=O)CC(=O)NCCCC. The second-order valence-corrected chi connectivity index (χ2v) is 3.58. The number of unbranched alkanes of at least 4 members (excludes halogenated alkanes) is 2. The van der Waals surface area contributed by atoms with Crippen LogP contribution in [0.1, 0.15) is 46.0 Å². The topological polar surface area (TPSA) is 58.2 Å². The molecule has 15 heavy (non-hydrogen) atoms. The molecule has 0 saturated heterocycles. The van der Waals surface area contributed by atoms with Gasteiger partial charge in [0.1, 0.15) is 6.42 Å². The number of rotatable bonds is 8. The van der Waals surface area contributed by atoms with Crippen LogP contribution in [0.4, 0.5) is 0 Å². The van der Waals surface area contributed by atoms with Crippen LogP contribution in [-0.4, -0.2) is 24.9 Å². The largest absolute Gasteiger partial charge is 0.356 e. The molecule has 0 aliphatic rings. The normalized spacial score (nSPS) is 9.73. The number of amides is 2. The highest BCUT2D eigenvalue weighted by atomic mass is 16.2. The maximum Gasteiger partial charge on any atom is 0.229 e. The minimum atomic E-state index is -0.183. The fraction of sp³-hybridized carbons (Fsp3) is 0.818. The maximum atomic E-state index is 11.2. The monoisotopic (exact) mass is 214 g/mol. The first kappa shape index (κ1) is 13.9. The van der Waals surface area contributed by atoms with Crippen LogP contribution in [0.25, 0.3) is 0 Å². The van der Waals surface area contributed by atoms with E-state index in [0.29, 0.717) is 13.1 Å². The van der Waals surface area contributed by atoms with E-state index in [0.717, 1.165) is 25.7 Å². The summed E-state index contributed by atoms with van der Waals surface area (Å²) in [7, 11) is 0. The lowest BCUT2D eigenvalue weighted by molar-refractivity contribution is -0.129. The van der Waals surface area contributed by atoms with Crippen molar-refractivity contribution in [2.24, 2.45) is 0 Å². The third-order valence-corrected chi connectivity index (χ3v) is 2.03. The van der Waals surface area contributed by atoms with E-state index in [4.69, 9.17) is 0 Å². The van der Waals surface area contributed by atoms with Gasteiger partial charge >= 0.3 is 0 Å². The zero-order valence-corrected chi connectivity index (χ0v) is 9.77. The molecule has 2 amide bonds. The molecular weight excluding hydrogens is 192 g/mol. The molecule has 0 radical (unpaired) electrons. The second kappa shape index (κ2) is 9.49. The Labute approximate surface area is 91.8 Å². The number of hydrogen-bond donors (Lipinski definition) is 2. The quantitative estimate of drug-likeness (QED) is 0.471. The van der Waals surface area contributed by atoms with Crippen molar-refractivity contribution in [2.45, 2.75) is 46.0 Å². The Balaban J connectivity index is 3.45. The van der Waals surface area contributed by atoms with Crippen LogP contribution in [0.3, 0.4) is 0 Å². The van der Waals surface area contributed by atoms with E-state index >= 15 is 0 Å². The summed E-state index contributed by atoms with van der Waals surface area (Å²) in [4.78, 5) is 22.4. The van der Waals surface area contributed by atoms with Crippen LogP contribution in [0.2, 0.25) is 0 Å². The Kier molecular flexibility index (Phi) is 8.82. The van der Waals surface area contributed by atoms with Gasteiger partial charge in [-0.15, -0.1) is 0 Å². The van der Waals surface area contributed by atoms with E-state index < -0.39 is 0 Å². The van der Waals surface area contributed by atoms with E-state index in [1.54, 1.807) is 0 Å². The molecule has 0 aromatic heterocycles. The summed E-state index contributed by atoms with van der Waals surface area (Å²) >= 11 is 0. The third-order valence-electron chi connectivity index (χ3n) is 2.03. The molecule has 2 N–H and O–H groups in total. The van der Waals surface area contributed by atoms with Gasteiger partial charge in [-0.25, -0.2) is 0 Å². The molecule has 0 aliphatic heterocycles. The van der Waals surface area contributed by atoms with Crippen LogP contribution in [0.15, 0.2) is 0 Å². The van der Waals surface area contributed by atoms with Gasteiger partial charge in [0, 0.05) is 13.1 Å². The van der Waals surface area contributed by atoms with Gasteiger partial charge in [-0.1, -0.05) is 26.7 Å². The van der Waals surface area contributed by atoms with E-state index in [1.807, 2.05) is 0 Å². The van der Waals surface area contributed by atoms with E-state index in [1.165, 1.54) is 0 Å². The van der Waals surface area contributed by atoms with Crippen LogP contribution >= 0.6 is 0 Å². The maximum absolute atomic E-state index is 11.2. The third kappa shape index (κ3) is 9.25. The van der Waals surface area contributed by atoms with Crippen molar-refractivity contribution in [2.75, 3.05) is 13.1 Å². The number of nitrogens with one attached hydrogen (secondary N) is 2. The Morgan fingerprint density at radius 1 is 0.867 bits per heavy atom. The molecule has 0 spiro atoms. The molecule has 0 saturated carbocycles. The summed E-state index contributed by atoms with van der Waals surface area (Å²) < 4.78 is 0. The van der Waals surface area contributed by atoms with Crippen molar-refractivity contribution < 1.29 is 9.59 Å². The van der Waals surface area contributed by atoms with Crippen molar-refractivity contribution in [3.63, 3.8) is 0 Å². The fourth-order valence-electron chi connectivity index (χ4n) is 1.08. The highest BCUT2D eigenvalue weighted by Crippen LogP contribution is 1.87. The Hall–Kier alpha value is -1.06. The molecule has 4 heteroatoms. The Morgan fingerprint density at radius 3 is 1.60 bits per heavy atom. The van der Waals surface area contributed by atoms with Gasteiger partial charge < -0.3 is 10.6 Å². The number of carbonyl (C=O) groups excluding carboxylic acids is 2. The summed E-state index contributed by atoms with van der Waals surface area (Å²) in [6.07, 6.45) is 3.96. The zero-order valence-electron chi connectivity index (χ0n) is 9.77. The molecular formula is C11H22N2O2. The minimum absolute atomic E-state index is 0.0482. The highest BCUT2D eigenvalue weighted by Gasteiger charge is 2.07. The lowest BCUT2D eigenvalue weighted by Crippen LogP contribution is -2.32. The molecule has 0 fully saturated rings. The summed E-state index contributed by atoms with van der Waals surface area (Å²) in [6, 6.07) is 0. The van der Waals surface area contributed by atoms with Gasteiger partial charge in [-0.05, 0) is 12.8 Å². The molecule has 0 aromatic rings. The second-order valence-electron chi connectivity index (χ2n) is 3.58. The Bertz CT molecular complexity index is 173. The van der Waals surface area contributed by atoms with Crippen LogP contribution in [0, 0.1) is 0 Å². The van der Waals surface area contributed by atoms with Gasteiger partial charge in [0.2, 0.25) is 11.8 Å². The van der Waals surface area contributed by atoms with Crippen molar-refractivity contribution in [3.05, 3.63) is 0 Å². The van der Waals surface area contributed by atoms with Crippen molar-refractivity contribution in [1.29, 1.82) is 0 Å². The summed E-state index contributed by atoms with van der Waals surface area (Å²) in [5.74, 6) is -0.366. The van der Waals surface area contributed by atoms with Crippen molar-refractivity contribution in [1.82, 2.24) is 10.6 Å². The van der Waals surface area contributed by atoms with Crippen LogP contribution in [-0.2, 0) is 9.59 Å². The van der Waals surface area contributed by atoms with Gasteiger partial charge in [-0.2, -0.15) is 0 Å². The molecule has 4 nitrogen and oxygen atoms in total. The summed E-state index contributed by atoms with van der Waals surface area (Å²) in [5, 5.41) is 5.41. The fourth-order valence-corrected chi connectivity index (χ4v) is 1.08. The van der Waals surface area contributed by atoms with E-state index in [9.17, 15) is 9.59 Å². The molecule has 0 aromatic carbocycles. The first-order valence-corrected chi connectivity index (χ1v) is 5.74. The Morgan fingerprint density at radius 2 is 1.27 bits per heavy atom. The van der Waals surface area contributed by atoms with E-state index in [2.05, 4.69) is 24.5 Å². The summed E-state index contributed by atoms with van der Waals surface area (Å²) in [6.45, 7) is 5.45. The smallest absolute Gasteiger partial charge is 0.229 e. The molecule has 88 valence electrons. The van der Waals surface area contributed by atoms with Crippen molar-refractivity contribution in [3.8, 4) is 0 Å². The lowest BCUT2D eigenvalue weighted by atomic mass is 10.3. The zero-order chi connectivity index (χ0) is 11.5. The average Bonchev–Trinajstić information content (AvgIpc) is 2.18. The molecule has 0 atom stereocenters. The van der Waals surface area contributed by atoms with Gasteiger partial charge in [-0.3, -0.25) is 9.59 Å². The van der Waals surface area contributed by atoms with E-state index in [-0.39, 0.29) is 18.2 Å². The molecule has 0 unspecified atom stereocenters. The van der Waals surface area contributed by atoms with Crippen LogP contribution < -0.4 is 10.6 Å². The van der Waals surface area contributed by atoms with Crippen LogP contribution in [0.5, 0.6) is 0 Å². The van der Waals surface area contributed by atoms with Gasteiger partial charge in [0.25, 0.3) is 0 Å². The van der Waals surface area contributed by atoms with Gasteiger partial charge in [0.05, 0.1) is 0 Å². The predicted molar refractivity (Wildman–Crippen MR) is 60.5 cm³/mol. The molecule has 0 heterocycles. The lowest BCUT2D eigenvalue weighted by Gasteiger charge is -2.05. The highest BCUT2D eigenvalue weighted by molar-refractivity contribution is 5.96. The average molecular weight is 214 g/mol. The number of hydrogen-bond acceptors (Lipinski definition) is 2. The van der Waals surface area contributed by atoms with Crippen molar-refractivity contribution >= 4 is 11.8 Å². The minimum Gasteiger partial charge on any atom is -0.356 e. The first-order valence-electron chi connectivity index (χ1n) is 5.74. The number of carbonyl (C=O) groups is 2.